The van der Waals surface area contributed by atoms with Crippen LogP contribution in [0.4, 0.5) is 5.69 Å². The summed E-state index contributed by atoms with van der Waals surface area (Å²) in [6, 6.07) is 2.10. The van der Waals surface area contributed by atoms with E-state index in [4.69, 9.17) is 5.73 Å². The molecule has 0 saturated heterocycles. The van der Waals surface area contributed by atoms with E-state index in [1.54, 1.807) is 0 Å². The normalized spacial score (nSPS) is 13.0. The zero-order chi connectivity index (χ0) is 16.2. The van der Waals surface area contributed by atoms with E-state index in [1.807, 2.05) is 6.92 Å². The molecular weight excluding hydrogens is 426 g/mol. The number of amides is 1. The van der Waals surface area contributed by atoms with Crippen LogP contribution < -0.4 is 15.8 Å². The van der Waals surface area contributed by atoms with Gasteiger partial charge < -0.3 is 11.1 Å². The number of anilines is 1. The van der Waals surface area contributed by atoms with Gasteiger partial charge in [-0.2, -0.15) is 4.72 Å². The predicted molar refractivity (Wildman–Crippen MR) is 89.3 cm³/mol. The minimum atomic E-state index is -3.87. The second-order valence-corrected chi connectivity index (χ2v) is 7.81. The van der Waals surface area contributed by atoms with E-state index < -0.39 is 16.1 Å². The van der Waals surface area contributed by atoms with E-state index in [9.17, 15) is 13.2 Å². The molecule has 1 aromatic carbocycles. The minimum Gasteiger partial charge on any atom is -0.399 e. The summed E-state index contributed by atoms with van der Waals surface area (Å²) in [6.45, 7) is 3.90. The summed E-state index contributed by atoms with van der Waals surface area (Å²) < 4.78 is 27.7. The summed E-state index contributed by atoms with van der Waals surface area (Å²) in [5.41, 5.74) is 6.05. The molecule has 0 spiro atoms. The highest BCUT2D eigenvalue weighted by Gasteiger charge is 2.26. The lowest BCUT2D eigenvalue weighted by Crippen LogP contribution is -2.45. The molecule has 4 N–H and O–H groups in total. The molecule has 1 atom stereocenters. The molecular formula is C12H17Br2N3O3S. The highest BCUT2D eigenvalue weighted by molar-refractivity contribution is 9.11. The second kappa shape index (κ2) is 7.57. The lowest BCUT2D eigenvalue weighted by Gasteiger charge is -2.16. The Morgan fingerprint density at radius 1 is 1.33 bits per heavy atom. The highest BCUT2D eigenvalue weighted by atomic mass is 79.9. The maximum Gasteiger partial charge on any atom is 0.243 e. The SMILES string of the molecule is CCCNC(=O)C(C)NS(=O)(=O)c1c(Br)cc(N)cc1Br. The first-order valence-electron chi connectivity index (χ1n) is 6.23. The standard InChI is InChI=1S/C12H17Br2N3O3S/c1-3-4-16-12(18)7(2)17-21(19,20)11-9(13)5-8(15)6-10(11)14/h5-7,17H,3-4,15H2,1-2H3,(H,16,18). The largest absolute Gasteiger partial charge is 0.399 e. The van der Waals surface area contributed by atoms with Crippen LogP contribution in [0.15, 0.2) is 26.0 Å². The summed E-state index contributed by atoms with van der Waals surface area (Å²) in [4.78, 5) is 11.8. The average molecular weight is 443 g/mol. The fourth-order valence-corrected chi connectivity index (χ4v) is 5.40. The van der Waals surface area contributed by atoms with E-state index >= 15 is 0 Å². The number of benzene rings is 1. The fraction of sp³-hybridized carbons (Fsp3) is 0.417. The quantitative estimate of drug-likeness (QED) is 0.586. The van der Waals surface area contributed by atoms with Crippen LogP contribution in [0.25, 0.3) is 0 Å². The first-order chi connectivity index (χ1) is 9.69. The Hall–Kier alpha value is -0.640. The molecule has 1 amide bonds. The molecule has 1 unspecified atom stereocenters. The van der Waals surface area contributed by atoms with Gasteiger partial charge in [0.2, 0.25) is 15.9 Å². The van der Waals surface area contributed by atoms with Crippen LogP contribution >= 0.6 is 31.9 Å². The number of halogens is 2. The monoisotopic (exact) mass is 441 g/mol. The Morgan fingerprint density at radius 3 is 2.33 bits per heavy atom. The smallest absolute Gasteiger partial charge is 0.243 e. The first kappa shape index (κ1) is 18.4. The summed E-state index contributed by atoms with van der Waals surface area (Å²) in [5, 5.41) is 2.64. The van der Waals surface area contributed by atoms with Crippen molar-refractivity contribution in [3.63, 3.8) is 0 Å². The van der Waals surface area contributed by atoms with Crippen molar-refractivity contribution in [1.82, 2.24) is 10.0 Å². The van der Waals surface area contributed by atoms with Crippen molar-refractivity contribution in [2.24, 2.45) is 0 Å². The Balaban J connectivity index is 3.00. The summed E-state index contributed by atoms with van der Waals surface area (Å²) in [7, 11) is -3.87. The lowest BCUT2D eigenvalue weighted by molar-refractivity contribution is -0.122. The summed E-state index contributed by atoms with van der Waals surface area (Å²) in [5.74, 6) is -0.372. The van der Waals surface area contributed by atoms with Gasteiger partial charge in [0.25, 0.3) is 0 Å². The number of nitrogen functional groups attached to an aromatic ring is 1. The highest BCUT2D eigenvalue weighted by Crippen LogP contribution is 2.32. The summed E-state index contributed by atoms with van der Waals surface area (Å²) >= 11 is 6.35. The number of rotatable bonds is 6. The Bertz CT molecular complexity index is 612. The van der Waals surface area contributed by atoms with Gasteiger partial charge >= 0.3 is 0 Å². The molecule has 0 saturated carbocycles. The van der Waals surface area contributed by atoms with Gasteiger partial charge in [0.1, 0.15) is 4.90 Å². The number of sulfonamides is 1. The lowest BCUT2D eigenvalue weighted by atomic mass is 10.3. The molecule has 0 aromatic heterocycles. The molecule has 1 rings (SSSR count). The van der Waals surface area contributed by atoms with Crippen molar-refractivity contribution in [2.45, 2.75) is 31.2 Å². The number of nitrogens with one attached hydrogen (secondary N) is 2. The number of carbonyl (C=O) groups excluding carboxylic acids is 1. The Kier molecular flexibility index (Phi) is 6.64. The van der Waals surface area contributed by atoms with Gasteiger partial charge in [0, 0.05) is 21.2 Å². The molecule has 118 valence electrons. The molecule has 0 aliphatic rings. The van der Waals surface area contributed by atoms with Gasteiger partial charge in [-0.1, -0.05) is 6.92 Å². The van der Waals surface area contributed by atoms with Gasteiger partial charge in [0.05, 0.1) is 6.04 Å². The van der Waals surface area contributed by atoms with Crippen molar-refractivity contribution < 1.29 is 13.2 Å². The zero-order valence-corrected chi connectivity index (χ0v) is 15.6. The number of hydrogen-bond donors (Lipinski definition) is 3. The fourth-order valence-electron chi connectivity index (χ4n) is 1.58. The van der Waals surface area contributed by atoms with Crippen molar-refractivity contribution in [3.05, 3.63) is 21.1 Å². The van der Waals surface area contributed by atoms with Crippen LogP contribution in [-0.4, -0.2) is 26.9 Å². The van der Waals surface area contributed by atoms with Crippen molar-refractivity contribution in [2.75, 3.05) is 12.3 Å². The third-order valence-electron chi connectivity index (χ3n) is 2.56. The second-order valence-electron chi connectivity index (χ2n) is 4.45. The van der Waals surface area contributed by atoms with Crippen LogP contribution in [0.3, 0.4) is 0 Å². The zero-order valence-electron chi connectivity index (χ0n) is 11.6. The van der Waals surface area contributed by atoms with Crippen LogP contribution in [0.2, 0.25) is 0 Å². The predicted octanol–water partition coefficient (Wildman–Crippen LogP) is 1.99. The van der Waals surface area contributed by atoms with Gasteiger partial charge in [0.15, 0.2) is 0 Å². The third-order valence-corrected chi connectivity index (χ3v) is 5.98. The van der Waals surface area contributed by atoms with Crippen LogP contribution in [0.1, 0.15) is 20.3 Å². The molecule has 0 heterocycles. The van der Waals surface area contributed by atoms with E-state index in [0.717, 1.165) is 6.42 Å². The molecule has 1 aromatic rings. The third kappa shape index (κ3) is 4.94. The molecule has 0 radical (unpaired) electrons. The van der Waals surface area contributed by atoms with E-state index in [0.29, 0.717) is 21.2 Å². The van der Waals surface area contributed by atoms with Gasteiger partial charge in [-0.15, -0.1) is 0 Å². The average Bonchev–Trinajstić information content (AvgIpc) is 2.33. The first-order valence-corrected chi connectivity index (χ1v) is 9.30. The Labute approximate surface area is 141 Å². The number of carbonyl (C=O) groups is 1. The van der Waals surface area contributed by atoms with E-state index in [-0.39, 0.29) is 10.8 Å². The summed E-state index contributed by atoms with van der Waals surface area (Å²) in [6.07, 6.45) is 0.778. The van der Waals surface area contributed by atoms with Crippen LogP contribution in [0.5, 0.6) is 0 Å². The van der Waals surface area contributed by atoms with Gasteiger partial charge in [-0.3, -0.25) is 4.79 Å². The number of hydrogen-bond acceptors (Lipinski definition) is 4. The molecule has 6 nitrogen and oxygen atoms in total. The van der Waals surface area contributed by atoms with Crippen molar-refractivity contribution in [3.8, 4) is 0 Å². The van der Waals surface area contributed by atoms with Gasteiger partial charge in [-0.25, -0.2) is 8.42 Å². The van der Waals surface area contributed by atoms with Crippen LogP contribution in [0, 0.1) is 0 Å². The van der Waals surface area contributed by atoms with E-state index in [1.165, 1.54) is 19.1 Å². The molecule has 0 aliphatic heterocycles. The Morgan fingerprint density at radius 2 is 1.86 bits per heavy atom. The molecule has 0 aliphatic carbocycles. The van der Waals surface area contributed by atoms with Crippen molar-refractivity contribution in [1.29, 1.82) is 0 Å². The minimum absolute atomic E-state index is 0.00633. The topological polar surface area (TPSA) is 101 Å². The van der Waals surface area contributed by atoms with E-state index in [2.05, 4.69) is 41.9 Å². The van der Waals surface area contributed by atoms with Crippen molar-refractivity contribution >= 4 is 53.5 Å². The molecule has 0 bridgehead atoms. The van der Waals surface area contributed by atoms with Gasteiger partial charge in [-0.05, 0) is 57.3 Å². The number of nitrogens with two attached hydrogens (primary N) is 1. The molecule has 0 fully saturated rings. The molecule has 9 heteroatoms. The van der Waals surface area contributed by atoms with Crippen LogP contribution in [-0.2, 0) is 14.8 Å². The maximum absolute atomic E-state index is 12.4. The maximum atomic E-state index is 12.4. The molecule has 21 heavy (non-hydrogen) atoms.